The van der Waals surface area contributed by atoms with E-state index < -0.39 is 41.1 Å². The third-order valence-corrected chi connectivity index (χ3v) is 7.90. The minimum absolute atomic E-state index is 0.00645. The van der Waals surface area contributed by atoms with Gasteiger partial charge in [-0.3, -0.25) is 0 Å². The normalized spacial score (nSPS) is 23.8. The summed E-state index contributed by atoms with van der Waals surface area (Å²) < 4.78 is 81.7. The summed E-state index contributed by atoms with van der Waals surface area (Å²) in [6.45, 7) is 4.60. The number of ether oxygens (including phenoxy) is 2. The van der Waals surface area contributed by atoms with Crippen molar-refractivity contribution in [2.24, 2.45) is 0 Å². The molecule has 3 N–H and O–H groups in total. The lowest BCUT2D eigenvalue weighted by molar-refractivity contribution is -0.275. The molecule has 5 heterocycles. The van der Waals surface area contributed by atoms with Gasteiger partial charge in [-0.05, 0) is 52.4 Å². The zero-order valence-electron chi connectivity index (χ0n) is 22.4. The van der Waals surface area contributed by atoms with E-state index in [2.05, 4.69) is 19.9 Å². The average Bonchev–Trinajstić information content (AvgIpc) is 3.17. The van der Waals surface area contributed by atoms with Gasteiger partial charge in [0.15, 0.2) is 17.4 Å². The molecule has 2 saturated heterocycles. The van der Waals surface area contributed by atoms with E-state index in [-0.39, 0.29) is 35.1 Å². The van der Waals surface area contributed by atoms with E-state index in [0.717, 1.165) is 18.9 Å². The van der Waals surface area contributed by atoms with Crippen LogP contribution in [-0.2, 0) is 6.54 Å². The van der Waals surface area contributed by atoms with Crippen molar-refractivity contribution >= 4 is 22.3 Å². The zero-order chi connectivity index (χ0) is 28.7. The van der Waals surface area contributed by atoms with Gasteiger partial charge in [-0.2, -0.15) is 0 Å². The number of aromatic nitrogens is 2. The van der Waals surface area contributed by atoms with E-state index in [9.17, 15) is 17.6 Å². The van der Waals surface area contributed by atoms with Crippen LogP contribution in [0, 0.1) is 18.6 Å². The second kappa shape index (κ2) is 9.30. The molecule has 214 valence electrons. The Morgan fingerprint density at radius 2 is 1.93 bits per heavy atom. The summed E-state index contributed by atoms with van der Waals surface area (Å²) in [5, 5.41) is 4.06. The highest BCUT2D eigenvalue weighted by atomic mass is 19.4. The topological polar surface area (TPSA) is 88.8 Å². The van der Waals surface area contributed by atoms with Crippen LogP contribution < -0.4 is 25.4 Å². The van der Waals surface area contributed by atoms with Crippen LogP contribution in [0.3, 0.4) is 0 Å². The van der Waals surface area contributed by atoms with Crippen LogP contribution in [0.25, 0.3) is 22.0 Å². The van der Waals surface area contributed by atoms with Crippen LogP contribution in [0.1, 0.15) is 31.0 Å². The molecular formula is C27H29F5N6O2. The summed E-state index contributed by atoms with van der Waals surface area (Å²) in [6.07, 6.45) is -3.74. The average molecular weight is 565 g/mol. The van der Waals surface area contributed by atoms with Crippen LogP contribution in [0.2, 0.25) is 0 Å². The van der Waals surface area contributed by atoms with Crippen LogP contribution >= 0.6 is 0 Å². The number of halogens is 5. The molecule has 0 spiro atoms. The molecule has 4 atom stereocenters. The van der Waals surface area contributed by atoms with Crippen molar-refractivity contribution in [3.8, 4) is 22.9 Å². The Hall–Kier alpha value is -3.45. The van der Waals surface area contributed by atoms with Crippen LogP contribution in [0.4, 0.5) is 33.5 Å². The smallest absolute Gasteiger partial charge is 0.472 e. The number of rotatable bonds is 4. The molecule has 3 aliphatic heterocycles. The Bertz CT molecular complexity index is 1510. The summed E-state index contributed by atoms with van der Waals surface area (Å²) in [5.41, 5.74) is 5.50. The first-order valence-corrected chi connectivity index (χ1v) is 13.0. The molecule has 2 aromatic heterocycles. The van der Waals surface area contributed by atoms with E-state index in [1.807, 2.05) is 25.9 Å². The first-order valence-electron chi connectivity index (χ1n) is 13.0. The lowest BCUT2D eigenvalue weighted by Gasteiger charge is -2.43. The predicted octanol–water partition coefficient (Wildman–Crippen LogP) is 4.52. The van der Waals surface area contributed by atoms with E-state index in [4.69, 9.17) is 15.5 Å². The van der Waals surface area contributed by atoms with Gasteiger partial charge < -0.3 is 30.3 Å². The highest BCUT2D eigenvalue weighted by molar-refractivity contribution is 6.02. The summed E-state index contributed by atoms with van der Waals surface area (Å²) in [5.74, 6) is -3.03. The minimum atomic E-state index is -5.24. The van der Waals surface area contributed by atoms with Gasteiger partial charge in [-0.1, -0.05) is 0 Å². The largest absolute Gasteiger partial charge is 0.573 e. The quantitative estimate of drug-likeness (QED) is 0.354. The highest BCUT2D eigenvalue weighted by Crippen LogP contribution is 2.47. The predicted molar refractivity (Wildman–Crippen MR) is 139 cm³/mol. The second-order valence-electron chi connectivity index (χ2n) is 11.0. The molecule has 3 aromatic rings. The summed E-state index contributed by atoms with van der Waals surface area (Å²) in [7, 11) is 3.72. The SMILES string of the molecule is Cc1c(CN(C)C)nc2c3c(nc(-c4cc(N)cc(F)c4OC(F)(F)F)c(F)c13)O[C@@H](C)[C@@H]1[C@@H]3CC[C@H](CN21)N3. The lowest BCUT2D eigenvalue weighted by Crippen LogP contribution is -2.62. The number of pyridine rings is 2. The molecule has 13 heteroatoms. The van der Waals surface area contributed by atoms with Crippen LogP contribution in [-0.4, -0.2) is 66.1 Å². The number of nitrogens with two attached hydrogens (primary N) is 1. The molecule has 2 fully saturated rings. The third kappa shape index (κ3) is 4.35. The monoisotopic (exact) mass is 564 g/mol. The maximum Gasteiger partial charge on any atom is 0.573 e. The minimum Gasteiger partial charge on any atom is -0.472 e. The second-order valence-corrected chi connectivity index (χ2v) is 11.0. The van der Waals surface area contributed by atoms with Crippen molar-refractivity contribution in [1.29, 1.82) is 0 Å². The Balaban J connectivity index is 1.67. The van der Waals surface area contributed by atoms with Crippen LogP contribution in [0.15, 0.2) is 12.1 Å². The van der Waals surface area contributed by atoms with Crippen molar-refractivity contribution in [3.05, 3.63) is 35.0 Å². The molecule has 8 nitrogen and oxygen atoms in total. The van der Waals surface area contributed by atoms with E-state index >= 15 is 4.39 Å². The van der Waals surface area contributed by atoms with Gasteiger partial charge in [0.1, 0.15) is 17.6 Å². The molecule has 3 aliphatic rings. The summed E-state index contributed by atoms with van der Waals surface area (Å²) in [6, 6.07) is 1.90. The van der Waals surface area contributed by atoms with Crippen molar-refractivity contribution < 1.29 is 31.4 Å². The third-order valence-electron chi connectivity index (χ3n) is 7.90. The van der Waals surface area contributed by atoms with Gasteiger partial charge in [0.2, 0.25) is 5.88 Å². The first-order chi connectivity index (χ1) is 18.8. The number of piperazine rings is 1. The van der Waals surface area contributed by atoms with E-state index in [1.165, 1.54) is 0 Å². The number of fused-ring (bicyclic) bond motifs is 5. The number of hydrogen-bond donors (Lipinski definition) is 2. The van der Waals surface area contributed by atoms with Gasteiger partial charge >= 0.3 is 6.36 Å². The van der Waals surface area contributed by atoms with Crippen molar-refractivity contribution in [2.75, 3.05) is 31.3 Å². The molecular weight excluding hydrogens is 535 g/mol. The maximum atomic E-state index is 16.7. The van der Waals surface area contributed by atoms with Crippen molar-refractivity contribution in [3.63, 3.8) is 0 Å². The summed E-state index contributed by atoms with van der Waals surface area (Å²) >= 11 is 0. The maximum absolute atomic E-state index is 16.7. The van der Waals surface area contributed by atoms with E-state index in [1.54, 1.807) is 6.92 Å². The standard InChI is InChI=1S/C27H29F5N6O2/c1-11-18(10-37(3)4)35-25-20-19(11)21(29)22(15-7-13(33)8-16(28)24(15)40-27(30,31)32)36-26(20)39-12(2)23-17-6-5-14(34-17)9-38(23)25/h7-8,12,14,17,23,34H,5-6,9-10,33H2,1-4H3/t12-,14+,17-,23+/m0/s1. The number of hydrogen-bond acceptors (Lipinski definition) is 8. The fourth-order valence-corrected chi connectivity index (χ4v) is 6.34. The van der Waals surface area contributed by atoms with Crippen LogP contribution in [0.5, 0.6) is 11.6 Å². The molecule has 0 aliphatic carbocycles. The number of alkyl halides is 3. The molecule has 0 amide bonds. The molecule has 0 radical (unpaired) electrons. The Kier molecular flexibility index (Phi) is 6.22. The molecule has 2 bridgehead atoms. The molecule has 6 rings (SSSR count). The van der Waals surface area contributed by atoms with Crippen molar-refractivity contribution in [2.45, 2.75) is 63.8 Å². The molecule has 0 saturated carbocycles. The number of anilines is 2. The number of benzene rings is 1. The number of aryl methyl sites for hydroxylation is 1. The fraction of sp³-hybridized carbons (Fsp3) is 0.481. The van der Waals surface area contributed by atoms with Gasteiger partial charge in [0.25, 0.3) is 0 Å². The van der Waals surface area contributed by atoms with Gasteiger partial charge in [0, 0.05) is 42.3 Å². The van der Waals surface area contributed by atoms with Gasteiger partial charge in [-0.15, -0.1) is 13.2 Å². The lowest BCUT2D eigenvalue weighted by atomic mass is 9.98. The molecule has 0 unspecified atom stereocenters. The number of nitrogen functional groups attached to an aromatic ring is 1. The van der Waals surface area contributed by atoms with Gasteiger partial charge in [-0.25, -0.2) is 18.7 Å². The first kappa shape index (κ1) is 26.8. The number of nitrogens with zero attached hydrogens (tertiary/aromatic N) is 4. The Labute approximate surface area is 227 Å². The molecule has 1 aromatic carbocycles. The zero-order valence-corrected chi connectivity index (χ0v) is 22.4. The van der Waals surface area contributed by atoms with E-state index in [0.29, 0.717) is 41.6 Å². The highest BCUT2D eigenvalue weighted by Gasteiger charge is 2.47. The van der Waals surface area contributed by atoms with Gasteiger partial charge in [0.05, 0.1) is 22.7 Å². The Morgan fingerprint density at radius 1 is 1.18 bits per heavy atom. The fourth-order valence-electron chi connectivity index (χ4n) is 6.34. The Morgan fingerprint density at radius 3 is 2.62 bits per heavy atom. The molecule has 40 heavy (non-hydrogen) atoms. The summed E-state index contributed by atoms with van der Waals surface area (Å²) in [4.78, 5) is 13.4. The van der Waals surface area contributed by atoms with Crippen molar-refractivity contribution in [1.82, 2.24) is 20.2 Å². The number of nitrogens with one attached hydrogen (secondary N) is 1.